The fourth-order valence-electron chi connectivity index (χ4n) is 2.12. The predicted molar refractivity (Wildman–Crippen MR) is 82.7 cm³/mol. The van der Waals surface area contributed by atoms with Crippen molar-refractivity contribution in [3.8, 4) is 0 Å². The highest BCUT2D eigenvalue weighted by Crippen LogP contribution is 2.36. The van der Waals surface area contributed by atoms with Crippen LogP contribution in [0.5, 0.6) is 0 Å². The molecule has 1 fully saturated rings. The van der Waals surface area contributed by atoms with E-state index in [4.69, 9.17) is 11.6 Å². The molecule has 1 atom stereocenters. The predicted octanol–water partition coefficient (Wildman–Crippen LogP) is 3.40. The van der Waals surface area contributed by atoms with E-state index < -0.39 is 0 Å². The molecule has 0 N–H and O–H groups in total. The zero-order valence-corrected chi connectivity index (χ0v) is 13.1. The molecule has 1 unspecified atom stereocenters. The number of aryl methyl sites for hydroxylation is 1. The van der Waals surface area contributed by atoms with Crippen molar-refractivity contribution >= 4 is 46.3 Å². The highest BCUT2D eigenvalue weighted by Gasteiger charge is 2.34. The molecule has 1 aromatic heterocycles. The Labute approximate surface area is 130 Å². The van der Waals surface area contributed by atoms with Crippen molar-refractivity contribution in [3.63, 3.8) is 0 Å². The Morgan fingerprint density at radius 1 is 1.40 bits per heavy atom. The van der Waals surface area contributed by atoms with Crippen LogP contribution in [0.3, 0.4) is 0 Å². The number of benzene rings is 1. The Hall–Kier alpha value is -1.11. The first-order chi connectivity index (χ1) is 9.65. The SMILES string of the molecule is Cc1nnc(SC2CCN(c3ccccc3Cl)C2=O)s1. The maximum absolute atomic E-state index is 12.5. The van der Waals surface area contributed by atoms with Gasteiger partial charge in [-0.05, 0) is 25.5 Å². The van der Waals surface area contributed by atoms with Gasteiger partial charge in [0.15, 0.2) is 4.34 Å². The average Bonchev–Trinajstić information content (AvgIpc) is 2.99. The summed E-state index contributed by atoms with van der Waals surface area (Å²) in [4.78, 5) is 14.2. The van der Waals surface area contributed by atoms with Crippen LogP contribution in [0.1, 0.15) is 11.4 Å². The number of para-hydroxylation sites is 1. The molecule has 7 heteroatoms. The third kappa shape index (κ3) is 2.68. The fourth-order valence-corrected chi connectivity index (χ4v) is 4.46. The molecule has 1 aliphatic rings. The molecule has 20 heavy (non-hydrogen) atoms. The summed E-state index contributed by atoms with van der Waals surface area (Å²) in [5.41, 5.74) is 0.788. The van der Waals surface area contributed by atoms with Crippen LogP contribution in [-0.4, -0.2) is 27.9 Å². The number of hydrogen-bond acceptors (Lipinski definition) is 5. The number of nitrogens with zero attached hydrogens (tertiary/aromatic N) is 3. The Kier molecular flexibility index (Phi) is 3.96. The number of thioether (sulfide) groups is 1. The van der Waals surface area contributed by atoms with Gasteiger partial charge >= 0.3 is 0 Å². The third-order valence-electron chi connectivity index (χ3n) is 3.05. The number of anilines is 1. The van der Waals surface area contributed by atoms with Crippen LogP contribution >= 0.6 is 34.7 Å². The molecule has 4 nitrogen and oxygen atoms in total. The normalized spacial score (nSPS) is 18.8. The van der Waals surface area contributed by atoms with Crippen LogP contribution in [0.2, 0.25) is 5.02 Å². The standard InChI is InChI=1S/C13H12ClN3OS2/c1-8-15-16-13(19-8)20-11-6-7-17(12(11)18)10-5-3-2-4-9(10)14/h2-5,11H,6-7H2,1H3. The largest absolute Gasteiger partial charge is 0.310 e. The zero-order chi connectivity index (χ0) is 14.1. The lowest BCUT2D eigenvalue weighted by Gasteiger charge is -2.17. The van der Waals surface area contributed by atoms with Crippen molar-refractivity contribution in [1.29, 1.82) is 0 Å². The minimum absolute atomic E-state index is 0.0935. The van der Waals surface area contributed by atoms with Crippen molar-refractivity contribution < 1.29 is 4.79 Å². The summed E-state index contributed by atoms with van der Waals surface area (Å²) >= 11 is 9.18. The van der Waals surface area contributed by atoms with E-state index in [-0.39, 0.29) is 11.2 Å². The minimum atomic E-state index is -0.0985. The topological polar surface area (TPSA) is 46.1 Å². The van der Waals surface area contributed by atoms with Crippen molar-refractivity contribution in [2.75, 3.05) is 11.4 Å². The van der Waals surface area contributed by atoms with Gasteiger partial charge in [-0.1, -0.05) is 46.8 Å². The van der Waals surface area contributed by atoms with Crippen LogP contribution in [0.15, 0.2) is 28.6 Å². The van der Waals surface area contributed by atoms with Crippen LogP contribution in [-0.2, 0) is 4.79 Å². The maximum Gasteiger partial charge on any atom is 0.240 e. The fraction of sp³-hybridized carbons (Fsp3) is 0.308. The first-order valence-corrected chi connectivity index (χ1v) is 8.25. The molecule has 1 aliphatic heterocycles. The van der Waals surface area contributed by atoms with Gasteiger partial charge < -0.3 is 4.90 Å². The number of halogens is 1. The zero-order valence-electron chi connectivity index (χ0n) is 10.7. The number of hydrogen-bond donors (Lipinski definition) is 0. The van der Waals surface area contributed by atoms with Gasteiger partial charge in [0.1, 0.15) is 5.01 Å². The first-order valence-electron chi connectivity index (χ1n) is 6.18. The molecule has 1 aromatic carbocycles. The van der Waals surface area contributed by atoms with Gasteiger partial charge in [-0.3, -0.25) is 4.79 Å². The summed E-state index contributed by atoms with van der Waals surface area (Å²) in [6.07, 6.45) is 0.799. The van der Waals surface area contributed by atoms with E-state index in [1.807, 2.05) is 25.1 Å². The molecule has 0 saturated carbocycles. The van der Waals surface area contributed by atoms with Gasteiger partial charge in [0, 0.05) is 6.54 Å². The lowest BCUT2D eigenvalue weighted by atomic mass is 10.3. The highest BCUT2D eigenvalue weighted by molar-refractivity contribution is 8.02. The Morgan fingerprint density at radius 3 is 2.90 bits per heavy atom. The summed E-state index contributed by atoms with van der Waals surface area (Å²) in [5, 5.41) is 9.47. The third-order valence-corrected chi connectivity index (χ3v) is 5.55. The molecule has 1 amide bonds. The van der Waals surface area contributed by atoms with Crippen molar-refractivity contribution in [2.24, 2.45) is 0 Å². The first kappa shape index (κ1) is 13.9. The maximum atomic E-state index is 12.5. The summed E-state index contributed by atoms with van der Waals surface area (Å²) in [5.74, 6) is 0.0935. The summed E-state index contributed by atoms with van der Waals surface area (Å²) in [6, 6.07) is 7.44. The number of carbonyl (C=O) groups excluding carboxylic acids is 1. The van der Waals surface area contributed by atoms with Crippen LogP contribution < -0.4 is 4.90 Å². The number of rotatable bonds is 3. The molecule has 2 heterocycles. The van der Waals surface area contributed by atoms with Crippen molar-refractivity contribution in [2.45, 2.75) is 22.9 Å². The highest BCUT2D eigenvalue weighted by atomic mass is 35.5. The van der Waals surface area contributed by atoms with Gasteiger partial charge in [0.2, 0.25) is 5.91 Å². The minimum Gasteiger partial charge on any atom is -0.310 e. The second kappa shape index (κ2) is 5.71. The molecule has 0 radical (unpaired) electrons. The quantitative estimate of drug-likeness (QED) is 0.867. The second-order valence-corrected chi connectivity index (χ2v) is 7.46. The number of aromatic nitrogens is 2. The van der Waals surface area contributed by atoms with Gasteiger partial charge in [-0.2, -0.15) is 0 Å². The molecule has 0 bridgehead atoms. The molecule has 104 valence electrons. The van der Waals surface area contributed by atoms with Crippen LogP contribution in [0.25, 0.3) is 0 Å². The van der Waals surface area contributed by atoms with E-state index in [1.54, 1.807) is 11.0 Å². The van der Waals surface area contributed by atoms with Crippen LogP contribution in [0, 0.1) is 6.92 Å². The van der Waals surface area contributed by atoms with E-state index >= 15 is 0 Å². The van der Waals surface area contributed by atoms with Crippen molar-refractivity contribution in [3.05, 3.63) is 34.3 Å². The number of carbonyl (C=O) groups is 1. The summed E-state index contributed by atoms with van der Waals surface area (Å²) in [7, 11) is 0. The van der Waals surface area contributed by atoms with E-state index in [9.17, 15) is 4.79 Å². The van der Waals surface area contributed by atoms with Gasteiger partial charge in [-0.25, -0.2) is 0 Å². The Morgan fingerprint density at radius 2 is 2.20 bits per heavy atom. The Balaban J connectivity index is 1.76. The second-order valence-electron chi connectivity index (χ2n) is 4.42. The summed E-state index contributed by atoms with van der Waals surface area (Å²) in [6.45, 7) is 2.60. The smallest absolute Gasteiger partial charge is 0.240 e. The monoisotopic (exact) mass is 325 g/mol. The average molecular weight is 326 g/mol. The molecule has 0 spiro atoms. The van der Waals surface area contributed by atoms with E-state index in [0.29, 0.717) is 11.6 Å². The van der Waals surface area contributed by atoms with Crippen molar-refractivity contribution in [1.82, 2.24) is 10.2 Å². The summed E-state index contributed by atoms with van der Waals surface area (Å²) < 4.78 is 0.849. The Bertz CT molecular complexity index is 646. The molecule has 0 aliphatic carbocycles. The molecule has 1 saturated heterocycles. The lowest BCUT2D eigenvalue weighted by molar-refractivity contribution is -0.116. The van der Waals surface area contributed by atoms with E-state index in [0.717, 1.165) is 21.5 Å². The van der Waals surface area contributed by atoms with Crippen LogP contribution in [0.4, 0.5) is 5.69 Å². The van der Waals surface area contributed by atoms with E-state index in [1.165, 1.54) is 23.1 Å². The van der Waals surface area contributed by atoms with Gasteiger partial charge in [0.05, 0.1) is 16.0 Å². The number of amides is 1. The van der Waals surface area contributed by atoms with E-state index in [2.05, 4.69) is 10.2 Å². The lowest BCUT2D eigenvalue weighted by Crippen LogP contribution is -2.28. The molecule has 2 aromatic rings. The molecular weight excluding hydrogens is 314 g/mol. The molecular formula is C13H12ClN3OS2. The molecule has 3 rings (SSSR count). The van der Waals surface area contributed by atoms with Gasteiger partial charge in [-0.15, -0.1) is 10.2 Å². The van der Waals surface area contributed by atoms with Gasteiger partial charge in [0.25, 0.3) is 0 Å².